The zero-order valence-electron chi connectivity index (χ0n) is 15.9. The number of nitrogens with two attached hydrogens (primary N) is 1. The van der Waals surface area contributed by atoms with Gasteiger partial charge in [0.15, 0.2) is 0 Å². The molecule has 3 aliphatic rings. The second-order valence-corrected chi connectivity index (χ2v) is 8.41. The number of aliphatic hydroxyl groups is 1. The predicted octanol–water partition coefficient (Wildman–Crippen LogP) is -0.752. The van der Waals surface area contributed by atoms with Crippen molar-refractivity contribution < 1.29 is 39.2 Å². The lowest BCUT2D eigenvalue weighted by molar-refractivity contribution is -0.146. The van der Waals surface area contributed by atoms with Gasteiger partial charge in [-0.15, -0.1) is 0 Å². The molecule has 158 valence electrons. The number of carboxylic acids is 1. The van der Waals surface area contributed by atoms with Crippen molar-refractivity contribution in [1.82, 2.24) is 4.90 Å². The summed E-state index contributed by atoms with van der Waals surface area (Å²) in [6, 6.07) is 3.24. The second-order valence-electron chi connectivity index (χ2n) is 8.41. The van der Waals surface area contributed by atoms with E-state index in [9.17, 15) is 29.9 Å². The maximum atomic E-state index is 12.2. The Morgan fingerprint density at radius 3 is 2.59 bits per heavy atom. The standard InChI is InChI=1S/C18H24BN2O8/c1-18(20,8-22)17(25)21-6-9(7-21)28-13-5-3-11-10-2-4-12(10)19(26,27)29-15(11)14(13)16(23)24/h3,5,9-10,12,22,26-27H,2,4,6-8,20H2,1H3,(H,23,24)/q-1/t10-,12-,18?/m1/s1. The van der Waals surface area contributed by atoms with Crippen LogP contribution in [0, 0.1) is 0 Å². The molecule has 10 nitrogen and oxygen atoms in total. The minimum Gasteiger partial charge on any atom is -0.669 e. The van der Waals surface area contributed by atoms with Crippen molar-refractivity contribution in [3.63, 3.8) is 0 Å². The number of carbonyl (C=O) groups excluding carboxylic acids is 1. The Morgan fingerprint density at radius 1 is 1.34 bits per heavy atom. The maximum Gasteiger partial charge on any atom is 0.434 e. The molecule has 1 saturated carbocycles. The summed E-state index contributed by atoms with van der Waals surface area (Å²) in [6.07, 6.45) is 0.883. The number of aromatic carboxylic acids is 1. The number of ether oxygens (including phenoxy) is 1. The average molecular weight is 407 g/mol. The minimum atomic E-state index is -3.14. The molecule has 6 N–H and O–H groups in total. The first-order valence-electron chi connectivity index (χ1n) is 9.59. The molecule has 3 atom stereocenters. The molecule has 0 aromatic heterocycles. The van der Waals surface area contributed by atoms with Crippen LogP contribution in [0.1, 0.15) is 41.6 Å². The highest BCUT2D eigenvalue weighted by Gasteiger charge is 2.50. The Morgan fingerprint density at radius 2 is 2.03 bits per heavy atom. The van der Waals surface area contributed by atoms with Gasteiger partial charge in [0.2, 0.25) is 5.91 Å². The van der Waals surface area contributed by atoms with E-state index in [4.69, 9.17) is 15.1 Å². The van der Waals surface area contributed by atoms with Crippen molar-refractivity contribution in [3.8, 4) is 11.5 Å². The van der Waals surface area contributed by atoms with E-state index < -0.39 is 42.7 Å². The van der Waals surface area contributed by atoms with Crippen molar-refractivity contribution in [2.24, 2.45) is 5.73 Å². The van der Waals surface area contributed by atoms with Crippen molar-refractivity contribution in [2.75, 3.05) is 19.7 Å². The summed E-state index contributed by atoms with van der Waals surface area (Å²) in [5.41, 5.74) is 4.74. The monoisotopic (exact) mass is 407 g/mol. The fourth-order valence-electron chi connectivity index (χ4n) is 4.28. The van der Waals surface area contributed by atoms with Crippen LogP contribution >= 0.6 is 0 Å². The van der Waals surface area contributed by atoms with Gasteiger partial charge < -0.3 is 40.3 Å². The smallest absolute Gasteiger partial charge is 0.434 e. The lowest BCUT2D eigenvalue weighted by Gasteiger charge is -2.54. The van der Waals surface area contributed by atoms with Crippen LogP contribution in [0.25, 0.3) is 0 Å². The van der Waals surface area contributed by atoms with Gasteiger partial charge in [0.25, 0.3) is 0 Å². The van der Waals surface area contributed by atoms with E-state index in [1.54, 1.807) is 12.1 Å². The molecule has 1 unspecified atom stereocenters. The van der Waals surface area contributed by atoms with Gasteiger partial charge >= 0.3 is 12.7 Å². The molecule has 0 bridgehead atoms. The summed E-state index contributed by atoms with van der Waals surface area (Å²) in [5.74, 6) is -2.34. The number of carbonyl (C=O) groups is 2. The number of amides is 1. The number of rotatable bonds is 5. The van der Waals surface area contributed by atoms with E-state index >= 15 is 0 Å². The molecule has 1 saturated heterocycles. The lowest BCUT2D eigenvalue weighted by Crippen LogP contribution is -2.64. The predicted molar refractivity (Wildman–Crippen MR) is 101 cm³/mol. The van der Waals surface area contributed by atoms with Gasteiger partial charge in [-0.2, -0.15) is 0 Å². The molecule has 1 aliphatic carbocycles. The van der Waals surface area contributed by atoms with Gasteiger partial charge in [0, 0.05) is 0 Å². The fraction of sp³-hybridized carbons (Fsp3) is 0.556. The van der Waals surface area contributed by atoms with E-state index in [-0.39, 0.29) is 36.1 Å². The minimum absolute atomic E-state index is 0.0374. The zero-order chi connectivity index (χ0) is 21.1. The van der Waals surface area contributed by atoms with E-state index in [0.717, 1.165) is 6.42 Å². The highest BCUT2D eigenvalue weighted by Crippen LogP contribution is 2.58. The number of aliphatic hydroxyl groups excluding tert-OH is 1. The molecule has 4 rings (SSSR count). The lowest BCUT2D eigenvalue weighted by atomic mass is 9.46. The molecule has 2 fully saturated rings. The molecular weight excluding hydrogens is 383 g/mol. The number of carboxylic acid groups (broad SMARTS) is 1. The van der Waals surface area contributed by atoms with Crippen LogP contribution in [-0.2, 0) is 4.79 Å². The Bertz CT molecular complexity index is 868. The van der Waals surface area contributed by atoms with Crippen LogP contribution in [0.5, 0.6) is 11.5 Å². The van der Waals surface area contributed by atoms with Gasteiger partial charge in [-0.1, -0.05) is 24.7 Å². The van der Waals surface area contributed by atoms with E-state index in [0.29, 0.717) is 12.0 Å². The molecule has 29 heavy (non-hydrogen) atoms. The zero-order valence-corrected chi connectivity index (χ0v) is 15.9. The number of fused-ring (bicyclic) bond motifs is 3. The van der Waals surface area contributed by atoms with E-state index in [2.05, 4.69) is 0 Å². The molecular formula is C18H24BN2O8-. The summed E-state index contributed by atoms with van der Waals surface area (Å²) in [6.45, 7) is -1.81. The summed E-state index contributed by atoms with van der Waals surface area (Å²) >= 11 is 0. The van der Waals surface area contributed by atoms with Gasteiger partial charge in [0.1, 0.15) is 23.0 Å². The number of nitrogens with zero attached hydrogens (tertiary/aromatic N) is 1. The summed E-state index contributed by atoms with van der Waals surface area (Å²) in [4.78, 5) is 25.5. The quantitative estimate of drug-likeness (QED) is 0.395. The SMILES string of the molecule is CC(N)(CO)C(=O)N1CC(Oc2ccc3c(c2C(=O)O)O[B-](O)(O)[C@@H]2CC[C@H]32)C1. The van der Waals surface area contributed by atoms with Gasteiger partial charge in [-0.25, -0.2) is 4.79 Å². The fourth-order valence-corrected chi connectivity index (χ4v) is 4.28. The largest absolute Gasteiger partial charge is 0.669 e. The van der Waals surface area contributed by atoms with Crippen LogP contribution < -0.4 is 15.1 Å². The molecule has 2 aliphatic heterocycles. The highest BCUT2D eigenvalue weighted by atomic mass is 16.6. The molecule has 0 spiro atoms. The summed E-state index contributed by atoms with van der Waals surface area (Å²) < 4.78 is 11.1. The third-order valence-corrected chi connectivity index (χ3v) is 6.19. The Hall–Kier alpha value is -2.34. The van der Waals surface area contributed by atoms with Gasteiger partial charge in [0.05, 0.1) is 25.4 Å². The van der Waals surface area contributed by atoms with Crippen LogP contribution in [0.3, 0.4) is 0 Å². The molecule has 2 heterocycles. The molecule has 1 amide bonds. The number of hydrogen-bond donors (Lipinski definition) is 5. The Balaban J connectivity index is 1.54. The Labute approximate surface area is 166 Å². The van der Waals surface area contributed by atoms with E-state index in [1.807, 2.05) is 0 Å². The van der Waals surface area contributed by atoms with Crippen molar-refractivity contribution >= 4 is 18.6 Å². The molecule has 0 radical (unpaired) electrons. The van der Waals surface area contributed by atoms with E-state index in [1.165, 1.54) is 11.8 Å². The van der Waals surface area contributed by atoms with Gasteiger partial charge in [-0.3, -0.25) is 4.79 Å². The maximum absolute atomic E-state index is 12.2. The highest BCUT2D eigenvalue weighted by molar-refractivity contribution is 6.61. The van der Waals surface area contributed by atoms with Crippen LogP contribution in [0.4, 0.5) is 0 Å². The van der Waals surface area contributed by atoms with Crippen molar-refractivity contribution in [2.45, 2.75) is 43.1 Å². The topological polar surface area (TPSA) is 163 Å². The average Bonchev–Trinajstić information content (AvgIpc) is 2.55. The normalized spacial score (nSPS) is 26.7. The van der Waals surface area contributed by atoms with Crippen molar-refractivity contribution in [1.29, 1.82) is 0 Å². The molecule has 1 aromatic carbocycles. The number of hydrogen-bond acceptors (Lipinski definition) is 8. The first-order valence-corrected chi connectivity index (χ1v) is 9.59. The van der Waals surface area contributed by atoms with Crippen LogP contribution in [-0.4, -0.2) is 75.1 Å². The first-order chi connectivity index (χ1) is 13.5. The molecule has 11 heteroatoms. The number of likely N-dealkylation sites (tertiary alicyclic amines) is 1. The number of benzene rings is 1. The summed E-state index contributed by atoms with van der Waals surface area (Å²) in [5, 5.41) is 39.4. The first kappa shape index (κ1) is 20.0. The third-order valence-electron chi connectivity index (χ3n) is 6.19. The van der Waals surface area contributed by atoms with Crippen LogP contribution in [0.2, 0.25) is 5.82 Å². The third kappa shape index (κ3) is 3.14. The Kier molecular flexibility index (Phi) is 4.54. The van der Waals surface area contributed by atoms with Crippen molar-refractivity contribution in [3.05, 3.63) is 23.3 Å². The van der Waals surface area contributed by atoms with Crippen LogP contribution in [0.15, 0.2) is 12.1 Å². The van der Waals surface area contributed by atoms with Gasteiger partial charge in [-0.05, 0) is 24.5 Å². The second kappa shape index (κ2) is 6.59. The summed E-state index contributed by atoms with van der Waals surface area (Å²) in [7, 11) is 0. The molecule has 1 aromatic rings.